The molecule has 0 bridgehead atoms. The molecular formula is C32H26N2. The van der Waals surface area contributed by atoms with Crippen molar-refractivity contribution in [2.45, 2.75) is 6.92 Å². The van der Waals surface area contributed by atoms with Gasteiger partial charge in [-0.1, -0.05) is 84.4 Å². The number of benzene rings is 5. The van der Waals surface area contributed by atoms with Crippen molar-refractivity contribution in [1.29, 1.82) is 0 Å². The Kier molecular flexibility index (Phi) is 4.92. The van der Waals surface area contributed by atoms with Crippen LogP contribution in [0.4, 0.5) is 17.1 Å². The van der Waals surface area contributed by atoms with Crippen LogP contribution in [0.15, 0.2) is 121 Å². The third-order valence-corrected chi connectivity index (χ3v) is 6.68. The van der Waals surface area contributed by atoms with Crippen LogP contribution in [0.5, 0.6) is 0 Å². The zero-order valence-corrected chi connectivity index (χ0v) is 19.4. The molecule has 0 fully saturated rings. The predicted molar refractivity (Wildman–Crippen MR) is 145 cm³/mol. The quantitative estimate of drug-likeness (QED) is 0.267. The van der Waals surface area contributed by atoms with Crippen molar-refractivity contribution >= 4 is 38.9 Å². The lowest BCUT2D eigenvalue weighted by Crippen LogP contribution is -2.10. The molecule has 2 heteroatoms. The molecule has 0 saturated carbocycles. The molecule has 34 heavy (non-hydrogen) atoms. The smallest absolute Gasteiger partial charge is 0.0509 e. The molecule has 0 radical (unpaired) electrons. The molecular weight excluding hydrogens is 412 g/mol. The maximum absolute atomic E-state index is 2.34. The van der Waals surface area contributed by atoms with Crippen LogP contribution in [0, 0.1) is 6.92 Å². The van der Waals surface area contributed by atoms with Crippen LogP contribution in [0.25, 0.3) is 32.9 Å². The summed E-state index contributed by atoms with van der Waals surface area (Å²) in [5.41, 5.74) is 9.63. The molecule has 0 aliphatic rings. The number of fused-ring (bicyclic) bond motifs is 3. The lowest BCUT2D eigenvalue weighted by molar-refractivity contribution is 1.01. The molecule has 1 heterocycles. The van der Waals surface area contributed by atoms with E-state index in [1.165, 1.54) is 38.5 Å². The Balaban J connectivity index is 1.50. The highest BCUT2D eigenvalue weighted by molar-refractivity contribution is 6.09. The number of nitrogens with zero attached hydrogens (tertiary/aromatic N) is 2. The second kappa shape index (κ2) is 8.24. The van der Waals surface area contributed by atoms with Crippen LogP contribution in [0.3, 0.4) is 0 Å². The van der Waals surface area contributed by atoms with Crippen molar-refractivity contribution in [2.24, 2.45) is 7.05 Å². The number of aryl methyl sites for hydroxylation is 2. The van der Waals surface area contributed by atoms with Gasteiger partial charge < -0.3 is 9.47 Å². The highest BCUT2D eigenvalue weighted by Crippen LogP contribution is 2.38. The van der Waals surface area contributed by atoms with Crippen molar-refractivity contribution in [3.8, 4) is 11.1 Å². The van der Waals surface area contributed by atoms with Gasteiger partial charge >= 0.3 is 0 Å². The second-order valence-electron chi connectivity index (χ2n) is 8.86. The number of para-hydroxylation sites is 1. The summed E-state index contributed by atoms with van der Waals surface area (Å²) in [6.45, 7) is 2.13. The first-order valence-corrected chi connectivity index (χ1v) is 11.7. The van der Waals surface area contributed by atoms with Gasteiger partial charge in [0.1, 0.15) is 0 Å². The minimum atomic E-state index is 1.14. The Morgan fingerprint density at radius 1 is 0.500 bits per heavy atom. The van der Waals surface area contributed by atoms with Crippen molar-refractivity contribution < 1.29 is 0 Å². The summed E-state index contributed by atoms with van der Waals surface area (Å²) in [6, 6.07) is 43.6. The minimum Gasteiger partial charge on any atom is -0.344 e. The fourth-order valence-electron chi connectivity index (χ4n) is 4.86. The Morgan fingerprint density at radius 2 is 1.06 bits per heavy atom. The number of hydrogen-bond acceptors (Lipinski definition) is 1. The highest BCUT2D eigenvalue weighted by Gasteiger charge is 2.15. The fourth-order valence-corrected chi connectivity index (χ4v) is 4.86. The van der Waals surface area contributed by atoms with Crippen LogP contribution in [0.1, 0.15) is 5.56 Å². The van der Waals surface area contributed by atoms with Gasteiger partial charge in [-0.3, -0.25) is 0 Å². The van der Waals surface area contributed by atoms with E-state index in [4.69, 9.17) is 0 Å². The van der Waals surface area contributed by atoms with Gasteiger partial charge in [0.2, 0.25) is 0 Å². The van der Waals surface area contributed by atoms with Crippen molar-refractivity contribution in [3.05, 3.63) is 127 Å². The van der Waals surface area contributed by atoms with Gasteiger partial charge in [-0.05, 0) is 60.5 Å². The van der Waals surface area contributed by atoms with Gasteiger partial charge in [0, 0.05) is 40.4 Å². The van der Waals surface area contributed by atoms with Gasteiger partial charge in [0.25, 0.3) is 0 Å². The summed E-state index contributed by atoms with van der Waals surface area (Å²) >= 11 is 0. The number of hydrogen-bond donors (Lipinski definition) is 0. The molecule has 2 nitrogen and oxygen atoms in total. The zero-order chi connectivity index (χ0) is 23.1. The van der Waals surface area contributed by atoms with Crippen molar-refractivity contribution in [3.63, 3.8) is 0 Å². The predicted octanol–water partition coefficient (Wildman–Crippen LogP) is 8.78. The standard InChI is InChI=1S/C32H26N2/c1-23-12-16-26(17-13-23)34(27-18-14-25(15-19-27)24-8-4-3-5-9-24)28-20-21-30-29-10-6-7-11-31(29)33(2)32(30)22-28/h3-22H,1-2H3. The van der Waals surface area contributed by atoms with E-state index in [0.29, 0.717) is 0 Å². The van der Waals surface area contributed by atoms with Crippen LogP contribution in [-0.4, -0.2) is 4.57 Å². The first-order valence-electron chi connectivity index (χ1n) is 11.7. The Bertz CT molecular complexity index is 1590. The van der Waals surface area contributed by atoms with Crippen molar-refractivity contribution in [1.82, 2.24) is 4.57 Å². The van der Waals surface area contributed by atoms with E-state index in [0.717, 1.165) is 17.1 Å². The van der Waals surface area contributed by atoms with E-state index < -0.39 is 0 Å². The lowest BCUT2D eigenvalue weighted by Gasteiger charge is -2.26. The first kappa shape index (κ1) is 20.3. The average Bonchev–Trinajstić information content (AvgIpc) is 3.18. The molecule has 5 aromatic carbocycles. The molecule has 0 N–H and O–H groups in total. The van der Waals surface area contributed by atoms with E-state index in [1.54, 1.807) is 0 Å². The van der Waals surface area contributed by atoms with Crippen LogP contribution in [0.2, 0.25) is 0 Å². The van der Waals surface area contributed by atoms with E-state index >= 15 is 0 Å². The van der Waals surface area contributed by atoms with Crippen LogP contribution >= 0.6 is 0 Å². The van der Waals surface area contributed by atoms with E-state index in [-0.39, 0.29) is 0 Å². The highest BCUT2D eigenvalue weighted by atomic mass is 15.1. The SMILES string of the molecule is Cc1ccc(N(c2ccc(-c3ccccc3)cc2)c2ccc3c4ccccc4n(C)c3c2)cc1. The Hall–Kier alpha value is -4.30. The number of rotatable bonds is 4. The maximum atomic E-state index is 2.34. The molecule has 6 aromatic rings. The molecule has 0 spiro atoms. The normalized spacial score (nSPS) is 11.2. The zero-order valence-electron chi connectivity index (χ0n) is 19.4. The summed E-state index contributed by atoms with van der Waals surface area (Å²) in [5, 5.41) is 2.57. The van der Waals surface area contributed by atoms with Gasteiger partial charge in [0.05, 0.1) is 5.52 Å². The number of aromatic nitrogens is 1. The minimum absolute atomic E-state index is 1.14. The van der Waals surface area contributed by atoms with Gasteiger partial charge in [-0.25, -0.2) is 0 Å². The molecule has 164 valence electrons. The molecule has 0 aliphatic heterocycles. The monoisotopic (exact) mass is 438 g/mol. The molecule has 0 unspecified atom stereocenters. The average molecular weight is 439 g/mol. The first-order chi connectivity index (χ1) is 16.7. The van der Waals surface area contributed by atoms with Gasteiger partial charge in [0.15, 0.2) is 0 Å². The third-order valence-electron chi connectivity index (χ3n) is 6.68. The summed E-state index contributed by atoms with van der Waals surface area (Å²) < 4.78 is 2.29. The second-order valence-corrected chi connectivity index (χ2v) is 8.86. The van der Waals surface area contributed by atoms with Crippen LogP contribution in [-0.2, 0) is 7.05 Å². The topological polar surface area (TPSA) is 8.17 Å². The van der Waals surface area contributed by atoms with E-state index in [2.05, 4.69) is 145 Å². The molecule has 0 saturated heterocycles. The van der Waals surface area contributed by atoms with Gasteiger partial charge in [-0.2, -0.15) is 0 Å². The Morgan fingerprint density at radius 3 is 1.79 bits per heavy atom. The lowest BCUT2D eigenvalue weighted by atomic mass is 10.0. The summed E-state index contributed by atoms with van der Waals surface area (Å²) in [7, 11) is 2.15. The summed E-state index contributed by atoms with van der Waals surface area (Å²) in [6.07, 6.45) is 0. The third kappa shape index (κ3) is 3.45. The van der Waals surface area contributed by atoms with Crippen molar-refractivity contribution in [2.75, 3.05) is 4.90 Å². The molecule has 1 aromatic heterocycles. The largest absolute Gasteiger partial charge is 0.344 e. The molecule has 0 atom stereocenters. The number of anilines is 3. The van der Waals surface area contributed by atoms with E-state index in [1.807, 2.05) is 0 Å². The molecule has 6 rings (SSSR count). The van der Waals surface area contributed by atoms with E-state index in [9.17, 15) is 0 Å². The summed E-state index contributed by atoms with van der Waals surface area (Å²) in [4.78, 5) is 2.34. The maximum Gasteiger partial charge on any atom is 0.0509 e. The fraction of sp³-hybridized carbons (Fsp3) is 0.0625. The Labute approximate surface area is 200 Å². The van der Waals surface area contributed by atoms with Gasteiger partial charge in [-0.15, -0.1) is 0 Å². The molecule has 0 aliphatic carbocycles. The summed E-state index contributed by atoms with van der Waals surface area (Å²) in [5.74, 6) is 0. The molecule has 0 amide bonds. The van der Waals surface area contributed by atoms with Crippen LogP contribution < -0.4 is 4.90 Å².